The molecule has 0 spiro atoms. The fourth-order valence-corrected chi connectivity index (χ4v) is 2.57. The highest BCUT2D eigenvalue weighted by molar-refractivity contribution is 5.94. The van der Waals surface area contributed by atoms with Gasteiger partial charge >= 0.3 is 12.0 Å². The van der Waals surface area contributed by atoms with E-state index in [2.05, 4.69) is 15.5 Å². The number of nitrogens with one attached hydrogen (secondary N) is 2. The molecule has 7 heteroatoms. The van der Waals surface area contributed by atoms with Crippen molar-refractivity contribution in [3.63, 3.8) is 0 Å². The number of urea groups is 1. The summed E-state index contributed by atoms with van der Waals surface area (Å²) in [4.78, 5) is 26.1. The first-order chi connectivity index (χ1) is 10.2. The van der Waals surface area contributed by atoms with E-state index in [1.165, 1.54) is 0 Å². The Labute approximate surface area is 124 Å². The summed E-state index contributed by atoms with van der Waals surface area (Å²) in [5.41, 5.74) is 1.18. The Kier molecular flexibility index (Phi) is 5.58. The Morgan fingerprint density at radius 1 is 1.38 bits per heavy atom. The van der Waals surface area contributed by atoms with Crippen LogP contribution < -0.4 is 10.6 Å². The highest BCUT2D eigenvalue weighted by Gasteiger charge is 2.32. The molecular formula is C14H23N3O4. The molecular weight excluding hydrogens is 274 g/mol. The SMILES string of the molecule is CCOC(=O)C1=C(CN2CCOCC2)NC(=O)N[C@@H]1CC. The maximum atomic E-state index is 12.2. The lowest BCUT2D eigenvalue weighted by Crippen LogP contribution is -2.52. The number of hydrogen-bond donors (Lipinski definition) is 2. The van der Waals surface area contributed by atoms with Gasteiger partial charge < -0.3 is 20.1 Å². The molecule has 21 heavy (non-hydrogen) atoms. The van der Waals surface area contributed by atoms with Crippen molar-refractivity contribution in [1.29, 1.82) is 0 Å². The van der Waals surface area contributed by atoms with Crippen LogP contribution in [0.3, 0.4) is 0 Å². The molecule has 0 aromatic carbocycles. The van der Waals surface area contributed by atoms with Crippen molar-refractivity contribution in [3.8, 4) is 0 Å². The third-order valence-electron chi connectivity index (χ3n) is 3.63. The van der Waals surface area contributed by atoms with Gasteiger partial charge in [-0.3, -0.25) is 4.90 Å². The number of nitrogens with zero attached hydrogens (tertiary/aromatic N) is 1. The Morgan fingerprint density at radius 3 is 2.71 bits per heavy atom. The van der Waals surface area contributed by atoms with E-state index in [0.717, 1.165) is 13.1 Å². The van der Waals surface area contributed by atoms with Crippen LogP contribution in [0, 0.1) is 0 Å². The van der Waals surface area contributed by atoms with E-state index in [1.54, 1.807) is 6.92 Å². The van der Waals surface area contributed by atoms with Gasteiger partial charge in [0.2, 0.25) is 0 Å². The molecule has 0 aromatic rings. The Hall–Kier alpha value is -1.60. The molecule has 0 aliphatic carbocycles. The van der Waals surface area contributed by atoms with Crippen LogP contribution in [0.1, 0.15) is 20.3 Å². The number of ether oxygens (including phenoxy) is 2. The van der Waals surface area contributed by atoms with E-state index >= 15 is 0 Å². The van der Waals surface area contributed by atoms with E-state index in [1.807, 2.05) is 6.92 Å². The fraction of sp³-hybridized carbons (Fsp3) is 0.714. The zero-order valence-corrected chi connectivity index (χ0v) is 12.6. The minimum absolute atomic E-state index is 0.266. The molecule has 2 amide bonds. The van der Waals surface area contributed by atoms with Crippen molar-refractivity contribution in [2.45, 2.75) is 26.3 Å². The highest BCUT2D eigenvalue weighted by Crippen LogP contribution is 2.18. The van der Waals surface area contributed by atoms with Crippen molar-refractivity contribution in [3.05, 3.63) is 11.3 Å². The van der Waals surface area contributed by atoms with Gasteiger partial charge in [-0.25, -0.2) is 9.59 Å². The number of morpholine rings is 1. The molecule has 0 radical (unpaired) electrons. The first-order valence-corrected chi connectivity index (χ1v) is 7.43. The van der Waals surface area contributed by atoms with Gasteiger partial charge in [0, 0.05) is 25.3 Å². The maximum absolute atomic E-state index is 12.2. The summed E-state index contributed by atoms with van der Waals surface area (Å²) in [6.07, 6.45) is 0.647. The lowest BCUT2D eigenvalue weighted by Gasteiger charge is -2.32. The molecule has 2 heterocycles. The molecule has 0 bridgehead atoms. The summed E-state index contributed by atoms with van der Waals surface area (Å²) >= 11 is 0. The molecule has 2 rings (SSSR count). The van der Waals surface area contributed by atoms with Gasteiger partial charge in [0.25, 0.3) is 0 Å². The second-order valence-electron chi connectivity index (χ2n) is 5.06. The van der Waals surface area contributed by atoms with Crippen LogP contribution in [-0.4, -0.2) is 62.4 Å². The molecule has 0 saturated carbocycles. The zero-order valence-electron chi connectivity index (χ0n) is 12.6. The van der Waals surface area contributed by atoms with E-state index in [-0.39, 0.29) is 18.0 Å². The highest BCUT2D eigenvalue weighted by atomic mass is 16.5. The quantitative estimate of drug-likeness (QED) is 0.710. The number of rotatable bonds is 5. The summed E-state index contributed by atoms with van der Waals surface area (Å²) in [7, 11) is 0. The van der Waals surface area contributed by atoms with Gasteiger partial charge in [0.1, 0.15) is 0 Å². The van der Waals surface area contributed by atoms with Crippen LogP contribution in [-0.2, 0) is 14.3 Å². The Morgan fingerprint density at radius 2 is 2.10 bits per heavy atom. The molecule has 118 valence electrons. The summed E-state index contributed by atoms with van der Waals surface area (Å²) in [6, 6.07) is -0.563. The number of esters is 1. The Balaban J connectivity index is 2.22. The van der Waals surface area contributed by atoms with Crippen molar-refractivity contribution >= 4 is 12.0 Å². The maximum Gasteiger partial charge on any atom is 0.337 e. The van der Waals surface area contributed by atoms with Gasteiger partial charge in [-0.1, -0.05) is 6.92 Å². The van der Waals surface area contributed by atoms with Crippen molar-refractivity contribution in [2.75, 3.05) is 39.5 Å². The predicted octanol–water partition coefficient (Wildman–Crippen LogP) is 0.227. The number of amides is 2. The molecule has 2 aliphatic heterocycles. The molecule has 1 atom stereocenters. The molecule has 7 nitrogen and oxygen atoms in total. The average Bonchev–Trinajstić information content (AvgIpc) is 2.47. The van der Waals surface area contributed by atoms with Crippen molar-refractivity contribution in [2.24, 2.45) is 0 Å². The van der Waals surface area contributed by atoms with E-state index < -0.39 is 0 Å². The van der Waals surface area contributed by atoms with Gasteiger partial charge in [-0.15, -0.1) is 0 Å². The minimum atomic E-state index is -0.361. The largest absolute Gasteiger partial charge is 0.463 e. The van der Waals surface area contributed by atoms with Crippen molar-refractivity contribution in [1.82, 2.24) is 15.5 Å². The molecule has 2 N–H and O–H groups in total. The summed E-state index contributed by atoms with van der Waals surface area (Å²) in [5.74, 6) is -0.361. The molecule has 0 aromatic heterocycles. The van der Waals surface area contributed by atoms with E-state index in [0.29, 0.717) is 44.1 Å². The summed E-state index contributed by atoms with van der Waals surface area (Å²) < 4.78 is 10.5. The molecule has 1 saturated heterocycles. The molecule has 0 unspecified atom stereocenters. The van der Waals surface area contributed by atoms with Crippen LogP contribution in [0.15, 0.2) is 11.3 Å². The first-order valence-electron chi connectivity index (χ1n) is 7.43. The van der Waals surface area contributed by atoms with Crippen molar-refractivity contribution < 1.29 is 19.1 Å². The van der Waals surface area contributed by atoms with Crippen LogP contribution in [0.25, 0.3) is 0 Å². The van der Waals surface area contributed by atoms with E-state index in [9.17, 15) is 9.59 Å². The monoisotopic (exact) mass is 297 g/mol. The smallest absolute Gasteiger partial charge is 0.337 e. The predicted molar refractivity (Wildman–Crippen MR) is 76.7 cm³/mol. The second-order valence-corrected chi connectivity index (χ2v) is 5.06. The molecule has 1 fully saturated rings. The summed E-state index contributed by atoms with van der Waals surface area (Å²) in [5, 5.41) is 5.53. The van der Waals surface area contributed by atoms with Crippen LogP contribution in [0.5, 0.6) is 0 Å². The van der Waals surface area contributed by atoms with Gasteiger partial charge in [0.05, 0.1) is 31.4 Å². The second kappa shape index (κ2) is 7.42. The third-order valence-corrected chi connectivity index (χ3v) is 3.63. The van der Waals surface area contributed by atoms with Crippen LogP contribution in [0.4, 0.5) is 4.79 Å². The van der Waals surface area contributed by atoms with E-state index in [4.69, 9.17) is 9.47 Å². The van der Waals surface area contributed by atoms with Gasteiger partial charge in [-0.2, -0.15) is 0 Å². The normalized spacial score (nSPS) is 23.5. The standard InChI is InChI=1S/C14H23N3O4/c1-3-10-12(13(18)21-4-2)11(16-14(19)15-10)9-17-5-7-20-8-6-17/h10H,3-9H2,1-2H3,(H2,15,16,19)/t10-/m1/s1. The Bertz CT molecular complexity index is 430. The first kappa shape index (κ1) is 15.8. The lowest BCUT2D eigenvalue weighted by atomic mass is 10.00. The van der Waals surface area contributed by atoms with Crippen LogP contribution >= 0.6 is 0 Å². The number of carbonyl (C=O) groups excluding carboxylic acids is 2. The fourth-order valence-electron chi connectivity index (χ4n) is 2.57. The summed E-state index contributed by atoms with van der Waals surface area (Å²) in [6.45, 7) is 7.48. The van der Waals surface area contributed by atoms with Gasteiger partial charge in [0.15, 0.2) is 0 Å². The molecule has 2 aliphatic rings. The average molecular weight is 297 g/mol. The number of carbonyl (C=O) groups is 2. The zero-order chi connectivity index (χ0) is 15.2. The topological polar surface area (TPSA) is 79.9 Å². The minimum Gasteiger partial charge on any atom is -0.463 e. The lowest BCUT2D eigenvalue weighted by molar-refractivity contribution is -0.139. The number of hydrogen-bond acceptors (Lipinski definition) is 5. The van der Waals surface area contributed by atoms with Crippen LogP contribution in [0.2, 0.25) is 0 Å². The third kappa shape index (κ3) is 3.95. The van der Waals surface area contributed by atoms with Gasteiger partial charge in [-0.05, 0) is 13.3 Å².